The Morgan fingerprint density at radius 3 is 2.67 bits per heavy atom. The highest BCUT2D eigenvalue weighted by Gasteiger charge is 2.01. The molecule has 0 unspecified atom stereocenters. The molecule has 0 atom stereocenters. The Morgan fingerprint density at radius 1 is 1.22 bits per heavy atom. The average molecular weight is 327 g/mol. The molecule has 0 saturated carbocycles. The quantitative estimate of drug-likeness (QED) is 0.854. The number of benzene rings is 2. The first-order valence-electron chi connectivity index (χ1n) is 5.53. The Morgan fingerprint density at radius 2 is 2.00 bits per heavy atom. The van der Waals surface area contributed by atoms with Crippen molar-refractivity contribution in [1.82, 2.24) is 0 Å². The van der Waals surface area contributed by atoms with Gasteiger partial charge in [-0.1, -0.05) is 23.7 Å². The predicted molar refractivity (Wildman–Crippen MR) is 79.3 cm³/mol. The fraction of sp³-hybridized carbons (Fsp3) is 0.143. The zero-order valence-corrected chi connectivity index (χ0v) is 12.2. The van der Waals surface area contributed by atoms with Gasteiger partial charge in [0.2, 0.25) is 0 Å². The Bertz CT molecular complexity index is 520. The molecule has 18 heavy (non-hydrogen) atoms. The number of hydrogen-bond acceptors (Lipinski definition) is 2. The van der Waals surface area contributed by atoms with Crippen LogP contribution in [0.5, 0.6) is 5.75 Å². The molecule has 0 saturated heterocycles. The minimum Gasteiger partial charge on any atom is -0.508 e. The molecule has 0 bridgehead atoms. The average Bonchev–Trinajstić information content (AvgIpc) is 2.35. The second-order valence-corrected chi connectivity index (χ2v) is 5.36. The van der Waals surface area contributed by atoms with E-state index in [1.54, 1.807) is 6.07 Å². The number of aromatic hydroxyl groups is 1. The number of aryl methyl sites for hydroxylation is 1. The zero-order chi connectivity index (χ0) is 13.1. The van der Waals surface area contributed by atoms with E-state index in [1.807, 2.05) is 37.3 Å². The highest BCUT2D eigenvalue weighted by molar-refractivity contribution is 9.10. The number of hydrogen-bond donors (Lipinski definition) is 2. The van der Waals surface area contributed by atoms with Crippen LogP contribution in [0.3, 0.4) is 0 Å². The number of phenols is 1. The highest BCUT2D eigenvalue weighted by atomic mass is 79.9. The van der Waals surface area contributed by atoms with Crippen molar-refractivity contribution in [3.8, 4) is 5.75 Å². The Balaban J connectivity index is 2.06. The molecule has 2 rings (SSSR count). The number of nitrogens with one attached hydrogen (secondary N) is 1. The van der Waals surface area contributed by atoms with Crippen molar-refractivity contribution in [2.45, 2.75) is 13.5 Å². The van der Waals surface area contributed by atoms with E-state index >= 15 is 0 Å². The van der Waals surface area contributed by atoms with Gasteiger partial charge in [-0.25, -0.2) is 0 Å². The van der Waals surface area contributed by atoms with Crippen molar-refractivity contribution < 1.29 is 5.11 Å². The molecule has 0 spiro atoms. The summed E-state index contributed by atoms with van der Waals surface area (Å²) in [6.45, 7) is 2.55. The van der Waals surface area contributed by atoms with E-state index in [9.17, 15) is 5.11 Å². The van der Waals surface area contributed by atoms with Gasteiger partial charge >= 0.3 is 0 Å². The number of rotatable bonds is 3. The van der Waals surface area contributed by atoms with Gasteiger partial charge in [0, 0.05) is 22.8 Å². The van der Waals surface area contributed by atoms with E-state index in [0.717, 1.165) is 21.3 Å². The summed E-state index contributed by atoms with van der Waals surface area (Å²) in [5.41, 5.74) is 2.88. The first-order chi connectivity index (χ1) is 8.56. The summed E-state index contributed by atoms with van der Waals surface area (Å²) < 4.78 is 0.884. The third kappa shape index (κ3) is 3.18. The van der Waals surface area contributed by atoms with Crippen LogP contribution in [0, 0.1) is 6.92 Å². The SMILES string of the molecule is Cc1ccc(NCc2ccc(Cl)c(Br)c2)cc1O. The van der Waals surface area contributed by atoms with Gasteiger partial charge in [0.05, 0.1) is 5.02 Å². The minimum atomic E-state index is 0.303. The molecule has 0 fully saturated rings. The smallest absolute Gasteiger partial charge is 0.120 e. The summed E-state index contributed by atoms with van der Waals surface area (Å²) in [5.74, 6) is 0.303. The first kappa shape index (κ1) is 13.2. The second kappa shape index (κ2) is 5.63. The standard InChI is InChI=1S/C14H13BrClNO/c1-9-2-4-11(7-14(9)18)17-8-10-3-5-13(16)12(15)6-10/h2-7,17-18H,8H2,1H3. The van der Waals surface area contributed by atoms with Crippen LogP contribution in [-0.4, -0.2) is 5.11 Å². The lowest BCUT2D eigenvalue weighted by Crippen LogP contribution is -1.99. The molecule has 94 valence electrons. The molecular formula is C14H13BrClNO. The monoisotopic (exact) mass is 325 g/mol. The summed E-state index contributed by atoms with van der Waals surface area (Å²) in [6, 6.07) is 11.3. The van der Waals surface area contributed by atoms with Crippen molar-refractivity contribution in [2.24, 2.45) is 0 Å². The molecule has 0 radical (unpaired) electrons. The Kier molecular flexibility index (Phi) is 4.15. The first-order valence-corrected chi connectivity index (χ1v) is 6.71. The topological polar surface area (TPSA) is 32.3 Å². The van der Waals surface area contributed by atoms with Crippen LogP contribution in [-0.2, 0) is 6.54 Å². The van der Waals surface area contributed by atoms with Gasteiger partial charge in [-0.3, -0.25) is 0 Å². The van der Waals surface area contributed by atoms with Crippen molar-refractivity contribution in [1.29, 1.82) is 0 Å². The van der Waals surface area contributed by atoms with Crippen LogP contribution in [0.25, 0.3) is 0 Å². The Hall–Kier alpha value is -1.19. The van der Waals surface area contributed by atoms with Crippen molar-refractivity contribution in [3.05, 3.63) is 57.0 Å². The van der Waals surface area contributed by atoms with Crippen LogP contribution < -0.4 is 5.32 Å². The molecule has 0 aliphatic carbocycles. The van der Waals surface area contributed by atoms with Gasteiger partial charge in [0.25, 0.3) is 0 Å². The van der Waals surface area contributed by atoms with Crippen LogP contribution in [0.1, 0.15) is 11.1 Å². The van der Waals surface area contributed by atoms with Gasteiger partial charge < -0.3 is 10.4 Å². The van der Waals surface area contributed by atoms with Crippen LogP contribution in [0.2, 0.25) is 5.02 Å². The van der Waals surface area contributed by atoms with Crippen LogP contribution in [0.4, 0.5) is 5.69 Å². The number of anilines is 1. The maximum atomic E-state index is 9.61. The number of halogens is 2. The molecule has 0 aromatic heterocycles. The summed E-state index contributed by atoms with van der Waals surface area (Å²) in [5, 5.41) is 13.6. The third-order valence-corrected chi connectivity index (χ3v) is 3.90. The van der Waals surface area contributed by atoms with Crippen molar-refractivity contribution in [2.75, 3.05) is 5.32 Å². The molecule has 0 aliphatic rings. The molecule has 0 aliphatic heterocycles. The lowest BCUT2D eigenvalue weighted by Gasteiger charge is -2.09. The summed E-state index contributed by atoms with van der Waals surface area (Å²) in [6.07, 6.45) is 0. The van der Waals surface area contributed by atoms with Gasteiger partial charge in [-0.05, 0) is 52.2 Å². The van der Waals surface area contributed by atoms with E-state index in [1.165, 1.54) is 0 Å². The van der Waals surface area contributed by atoms with Gasteiger partial charge in [-0.2, -0.15) is 0 Å². The molecule has 2 nitrogen and oxygen atoms in total. The minimum absolute atomic E-state index is 0.303. The number of phenolic OH excluding ortho intramolecular Hbond substituents is 1. The zero-order valence-electron chi connectivity index (χ0n) is 9.87. The fourth-order valence-electron chi connectivity index (χ4n) is 1.57. The van der Waals surface area contributed by atoms with Crippen LogP contribution in [0.15, 0.2) is 40.9 Å². The van der Waals surface area contributed by atoms with E-state index in [4.69, 9.17) is 11.6 Å². The highest BCUT2D eigenvalue weighted by Crippen LogP contribution is 2.24. The molecule has 2 aromatic rings. The molecular weight excluding hydrogens is 314 g/mol. The maximum absolute atomic E-state index is 9.61. The third-order valence-electron chi connectivity index (χ3n) is 2.69. The summed E-state index contributed by atoms with van der Waals surface area (Å²) >= 11 is 9.33. The van der Waals surface area contributed by atoms with E-state index in [-0.39, 0.29) is 0 Å². The second-order valence-electron chi connectivity index (χ2n) is 4.10. The molecule has 2 N–H and O–H groups in total. The predicted octanol–water partition coefficient (Wildman–Crippen LogP) is 4.73. The van der Waals surface area contributed by atoms with Crippen molar-refractivity contribution >= 4 is 33.2 Å². The van der Waals surface area contributed by atoms with Gasteiger partial charge in [0.1, 0.15) is 5.75 Å². The molecule has 2 aromatic carbocycles. The van der Waals surface area contributed by atoms with Gasteiger partial charge in [-0.15, -0.1) is 0 Å². The fourth-order valence-corrected chi connectivity index (χ4v) is 2.12. The summed E-state index contributed by atoms with van der Waals surface area (Å²) in [7, 11) is 0. The molecule has 4 heteroatoms. The Labute approximate surface area is 120 Å². The normalized spacial score (nSPS) is 10.4. The maximum Gasteiger partial charge on any atom is 0.120 e. The lowest BCUT2D eigenvalue weighted by molar-refractivity contribution is 0.471. The van der Waals surface area contributed by atoms with Crippen molar-refractivity contribution in [3.63, 3.8) is 0 Å². The largest absolute Gasteiger partial charge is 0.508 e. The van der Waals surface area contributed by atoms with Gasteiger partial charge in [0.15, 0.2) is 0 Å². The van der Waals surface area contributed by atoms with E-state index in [0.29, 0.717) is 17.3 Å². The molecule has 0 heterocycles. The lowest BCUT2D eigenvalue weighted by atomic mass is 10.2. The molecule has 0 amide bonds. The van der Waals surface area contributed by atoms with E-state index in [2.05, 4.69) is 21.2 Å². The van der Waals surface area contributed by atoms with E-state index < -0.39 is 0 Å². The van der Waals surface area contributed by atoms with Crippen LogP contribution >= 0.6 is 27.5 Å². The summed E-state index contributed by atoms with van der Waals surface area (Å²) in [4.78, 5) is 0.